The van der Waals surface area contributed by atoms with Gasteiger partial charge < -0.3 is 11.1 Å². The molecule has 0 aromatic carbocycles. The van der Waals surface area contributed by atoms with Gasteiger partial charge in [0.15, 0.2) is 0 Å². The maximum atomic E-state index is 11.6. The van der Waals surface area contributed by atoms with Gasteiger partial charge in [0, 0.05) is 31.6 Å². The number of rotatable bonds is 3. The van der Waals surface area contributed by atoms with Gasteiger partial charge in [-0.2, -0.15) is 0 Å². The van der Waals surface area contributed by atoms with Gasteiger partial charge >= 0.3 is 0 Å². The number of hydrogen-bond acceptors (Lipinski definition) is 4. The van der Waals surface area contributed by atoms with Gasteiger partial charge in [-0.3, -0.25) is 9.69 Å². The van der Waals surface area contributed by atoms with Crippen molar-refractivity contribution in [2.45, 2.75) is 33.7 Å². The first-order valence-electron chi connectivity index (χ1n) is 6.66. The molecule has 0 bridgehead atoms. The van der Waals surface area contributed by atoms with Crippen LogP contribution in [0.3, 0.4) is 0 Å². The summed E-state index contributed by atoms with van der Waals surface area (Å²) in [5.41, 5.74) is 7.67. The second-order valence-corrected chi connectivity index (χ2v) is 7.45. The van der Waals surface area contributed by atoms with Crippen LogP contribution in [0.1, 0.15) is 41.6 Å². The fourth-order valence-electron chi connectivity index (χ4n) is 2.70. The Morgan fingerprint density at radius 2 is 2.16 bits per heavy atom. The topological polar surface area (TPSA) is 58.4 Å². The number of fused-ring (bicyclic) bond motifs is 1. The summed E-state index contributed by atoms with van der Waals surface area (Å²) in [4.78, 5) is 15.3. The third-order valence-electron chi connectivity index (χ3n) is 3.31. The van der Waals surface area contributed by atoms with Crippen LogP contribution < -0.4 is 11.1 Å². The average Bonchev–Trinajstić information content (AvgIpc) is 2.64. The fourth-order valence-corrected chi connectivity index (χ4v) is 3.95. The summed E-state index contributed by atoms with van der Waals surface area (Å²) < 4.78 is 0. The summed E-state index contributed by atoms with van der Waals surface area (Å²) in [6.45, 7) is 9.77. The molecule has 0 aliphatic carbocycles. The number of anilines is 1. The second-order valence-electron chi connectivity index (χ2n) is 6.34. The highest BCUT2D eigenvalue weighted by atomic mass is 32.1. The predicted octanol–water partition coefficient (Wildman–Crippen LogP) is 2.29. The molecule has 5 heteroatoms. The van der Waals surface area contributed by atoms with E-state index in [-0.39, 0.29) is 5.91 Å². The van der Waals surface area contributed by atoms with Gasteiger partial charge in [0.05, 0.1) is 5.56 Å². The van der Waals surface area contributed by atoms with Crippen molar-refractivity contribution in [3.05, 3.63) is 16.0 Å². The molecule has 1 aromatic heterocycles. The summed E-state index contributed by atoms with van der Waals surface area (Å²) in [7, 11) is 1.84. The van der Waals surface area contributed by atoms with E-state index in [0.29, 0.717) is 11.0 Å². The van der Waals surface area contributed by atoms with Gasteiger partial charge in [0.1, 0.15) is 5.00 Å². The van der Waals surface area contributed by atoms with Crippen LogP contribution in [0.15, 0.2) is 0 Å². The SMILES string of the molecule is CNc1sc2c(c1C(N)=O)CCN(CC(C)(C)C)C2. The smallest absolute Gasteiger partial charge is 0.251 e. The van der Waals surface area contributed by atoms with Crippen molar-refractivity contribution in [3.8, 4) is 0 Å². The van der Waals surface area contributed by atoms with Gasteiger partial charge in [-0.05, 0) is 17.4 Å². The molecule has 0 unspecified atom stereocenters. The molecule has 0 atom stereocenters. The number of carbonyl (C=O) groups excluding carboxylic acids is 1. The van der Waals surface area contributed by atoms with Gasteiger partial charge in [0.2, 0.25) is 0 Å². The Bertz CT molecular complexity index is 488. The second kappa shape index (κ2) is 5.13. The third-order valence-corrected chi connectivity index (χ3v) is 4.54. The van der Waals surface area contributed by atoms with Crippen LogP contribution in [0.5, 0.6) is 0 Å². The van der Waals surface area contributed by atoms with Crippen LogP contribution in [0, 0.1) is 5.41 Å². The van der Waals surface area contributed by atoms with Crippen molar-refractivity contribution >= 4 is 22.2 Å². The van der Waals surface area contributed by atoms with E-state index in [0.717, 1.165) is 36.6 Å². The van der Waals surface area contributed by atoms with E-state index in [1.54, 1.807) is 11.3 Å². The van der Waals surface area contributed by atoms with Crippen LogP contribution in [0.4, 0.5) is 5.00 Å². The Morgan fingerprint density at radius 1 is 1.47 bits per heavy atom. The van der Waals surface area contributed by atoms with E-state index in [1.807, 2.05) is 7.05 Å². The third kappa shape index (κ3) is 3.09. The summed E-state index contributed by atoms with van der Waals surface area (Å²) in [6, 6.07) is 0. The molecule has 19 heavy (non-hydrogen) atoms. The lowest BCUT2D eigenvalue weighted by Gasteiger charge is -2.32. The summed E-state index contributed by atoms with van der Waals surface area (Å²) in [5, 5.41) is 4.01. The van der Waals surface area contributed by atoms with Crippen molar-refractivity contribution in [1.82, 2.24) is 4.90 Å². The van der Waals surface area contributed by atoms with Crippen molar-refractivity contribution in [2.24, 2.45) is 11.1 Å². The van der Waals surface area contributed by atoms with Gasteiger partial charge in [-0.1, -0.05) is 20.8 Å². The zero-order chi connectivity index (χ0) is 14.2. The number of nitrogens with zero attached hydrogens (tertiary/aromatic N) is 1. The molecule has 106 valence electrons. The lowest BCUT2D eigenvalue weighted by atomic mass is 9.94. The maximum absolute atomic E-state index is 11.6. The Hall–Kier alpha value is -1.07. The lowest BCUT2D eigenvalue weighted by Crippen LogP contribution is -2.36. The van der Waals surface area contributed by atoms with E-state index >= 15 is 0 Å². The Morgan fingerprint density at radius 3 is 2.68 bits per heavy atom. The van der Waals surface area contributed by atoms with Crippen molar-refractivity contribution < 1.29 is 4.79 Å². The van der Waals surface area contributed by atoms with Crippen molar-refractivity contribution in [1.29, 1.82) is 0 Å². The Labute approximate surface area is 119 Å². The number of amides is 1. The van der Waals surface area contributed by atoms with Crippen LogP contribution in [0.25, 0.3) is 0 Å². The summed E-state index contributed by atoms with van der Waals surface area (Å²) in [6.07, 6.45) is 0.919. The quantitative estimate of drug-likeness (QED) is 0.893. The highest BCUT2D eigenvalue weighted by molar-refractivity contribution is 7.16. The number of nitrogens with one attached hydrogen (secondary N) is 1. The van der Waals surface area contributed by atoms with Gasteiger partial charge in [0.25, 0.3) is 5.91 Å². The zero-order valence-electron chi connectivity index (χ0n) is 12.2. The number of nitrogens with two attached hydrogens (primary N) is 1. The van der Waals surface area contributed by atoms with Gasteiger partial charge in [-0.15, -0.1) is 11.3 Å². The fraction of sp³-hybridized carbons (Fsp3) is 0.643. The van der Waals surface area contributed by atoms with E-state index in [9.17, 15) is 4.79 Å². The molecule has 0 spiro atoms. The highest BCUT2D eigenvalue weighted by Gasteiger charge is 2.28. The molecular weight excluding hydrogens is 258 g/mol. The predicted molar refractivity (Wildman–Crippen MR) is 80.8 cm³/mol. The van der Waals surface area contributed by atoms with E-state index < -0.39 is 0 Å². The highest BCUT2D eigenvalue weighted by Crippen LogP contribution is 2.37. The molecule has 0 saturated heterocycles. The molecule has 1 aliphatic heterocycles. The molecule has 2 rings (SSSR count). The number of carbonyl (C=O) groups is 1. The monoisotopic (exact) mass is 281 g/mol. The maximum Gasteiger partial charge on any atom is 0.251 e. The Balaban J connectivity index is 2.25. The van der Waals surface area contributed by atoms with Gasteiger partial charge in [-0.25, -0.2) is 0 Å². The Kier molecular flexibility index (Phi) is 3.87. The summed E-state index contributed by atoms with van der Waals surface area (Å²) in [5.74, 6) is -0.314. The summed E-state index contributed by atoms with van der Waals surface area (Å²) >= 11 is 1.67. The van der Waals surface area contributed by atoms with Crippen LogP contribution in [-0.2, 0) is 13.0 Å². The zero-order valence-corrected chi connectivity index (χ0v) is 13.0. The molecule has 4 nitrogen and oxygen atoms in total. The van der Waals surface area contributed by atoms with Crippen molar-refractivity contribution in [3.63, 3.8) is 0 Å². The van der Waals surface area contributed by atoms with Crippen molar-refractivity contribution in [2.75, 3.05) is 25.5 Å². The number of primary amides is 1. The molecule has 1 aromatic rings. The standard InChI is InChI=1S/C14H23N3OS/c1-14(2,3)8-17-6-5-9-10(7-17)19-13(16-4)11(9)12(15)18/h16H,5-8H2,1-4H3,(H2,15,18). The van der Waals surface area contributed by atoms with E-state index in [2.05, 4.69) is 31.0 Å². The molecular formula is C14H23N3OS. The minimum absolute atomic E-state index is 0.299. The number of thiophene rings is 1. The first-order valence-corrected chi connectivity index (χ1v) is 7.48. The molecule has 3 N–H and O–H groups in total. The van der Waals surface area contributed by atoms with E-state index in [4.69, 9.17) is 5.73 Å². The van der Waals surface area contributed by atoms with Crippen LogP contribution >= 0.6 is 11.3 Å². The first-order chi connectivity index (χ1) is 8.81. The molecule has 0 fully saturated rings. The molecule has 1 amide bonds. The average molecular weight is 281 g/mol. The van der Waals surface area contributed by atoms with E-state index in [1.165, 1.54) is 4.88 Å². The molecule has 2 heterocycles. The minimum atomic E-state index is -0.314. The van der Waals surface area contributed by atoms with Crippen LogP contribution in [-0.4, -0.2) is 30.9 Å². The first kappa shape index (κ1) is 14.3. The minimum Gasteiger partial charge on any atom is -0.379 e. The normalized spacial score (nSPS) is 16.2. The lowest BCUT2D eigenvalue weighted by molar-refractivity contribution is 0.0999. The van der Waals surface area contributed by atoms with Crippen LogP contribution in [0.2, 0.25) is 0 Å². The number of hydrogen-bond donors (Lipinski definition) is 2. The molecule has 0 saturated carbocycles. The largest absolute Gasteiger partial charge is 0.379 e. The molecule has 0 radical (unpaired) electrons. The molecule has 1 aliphatic rings.